The Morgan fingerprint density at radius 1 is 1.10 bits per heavy atom. The highest BCUT2D eigenvalue weighted by molar-refractivity contribution is 9.11. The normalized spacial score (nSPS) is 12.2. The topological polar surface area (TPSA) is 21.3 Å². The van der Waals surface area contributed by atoms with Gasteiger partial charge in [0.2, 0.25) is 0 Å². The molecule has 0 amide bonds. The van der Waals surface area contributed by atoms with Crippen LogP contribution in [0.2, 0.25) is 0 Å². The van der Waals surface area contributed by atoms with Crippen molar-refractivity contribution in [3.05, 3.63) is 62.5 Å². The van der Waals surface area contributed by atoms with Crippen molar-refractivity contribution in [3.8, 4) is 5.75 Å². The molecule has 0 aromatic heterocycles. The minimum absolute atomic E-state index is 0.519. The van der Waals surface area contributed by atoms with Gasteiger partial charge in [-0.1, -0.05) is 47.1 Å². The lowest BCUT2D eigenvalue weighted by molar-refractivity contribution is 0.304. The van der Waals surface area contributed by atoms with E-state index < -0.39 is 0 Å². The van der Waals surface area contributed by atoms with Crippen LogP contribution in [0.15, 0.2) is 51.4 Å². The van der Waals surface area contributed by atoms with Crippen LogP contribution in [-0.2, 0) is 6.61 Å². The van der Waals surface area contributed by atoms with Gasteiger partial charge in [-0.2, -0.15) is 0 Å². The second-order valence-corrected chi connectivity index (χ2v) is 6.83. The van der Waals surface area contributed by atoms with Gasteiger partial charge >= 0.3 is 0 Å². The standard InChI is InChI=1S/C17H19Br2NO/c1-12(10-20-2)14-5-3-13(4-6-14)11-21-17-8-7-15(18)9-16(17)19/h3-9,12,20H,10-11H2,1-2H3. The number of hydrogen-bond donors (Lipinski definition) is 1. The molecule has 0 aliphatic rings. The van der Waals surface area contributed by atoms with E-state index in [0.717, 1.165) is 21.2 Å². The summed E-state index contributed by atoms with van der Waals surface area (Å²) in [5.41, 5.74) is 2.52. The SMILES string of the molecule is CNCC(C)c1ccc(COc2ccc(Br)cc2Br)cc1. The zero-order chi connectivity index (χ0) is 15.2. The Morgan fingerprint density at radius 2 is 1.81 bits per heavy atom. The van der Waals surface area contributed by atoms with Gasteiger partial charge < -0.3 is 10.1 Å². The average molecular weight is 413 g/mol. The number of benzene rings is 2. The predicted molar refractivity (Wildman–Crippen MR) is 95.0 cm³/mol. The minimum Gasteiger partial charge on any atom is -0.488 e. The monoisotopic (exact) mass is 411 g/mol. The molecule has 2 nitrogen and oxygen atoms in total. The highest BCUT2D eigenvalue weighted by Gasteiger charge is 2.05. The second-order valence-electron chi connectivity index (χ2n) is 5.06. The van der Waals surface area contributed by atoms with E-state index in [0.29, 0.717) is 12.5 Å². The third-order valence-corrected chi connectivity index (χ3v) is 4.46. The quantitative estimate of drug-likeness (QED) is 0.711. The van der Waals surface area contributed by atoms with Crippen molar-refractivity contribution in [1.29, 1.82) is 0 Å². The van der Waals surface area contributed by atoms with E-state index >= 15 is 0 Å². The summed E-state index contributed by atoms with van der Waals surface area (Å²) in [7, 11) is 1.98. The van der Waals surface area contributed by atoms with Gasteiger partial charge in [-0.15, -0.1) is 0 Å². The summed E-state index contributed by atoms with van der Waals surface area (Å²) >= 11 is 6.94. The molecule has 2 aromatic rings. The Balaban J connectivity index is 1.97. The lowest BCUT2D eigenvalue weighted by Crippen LogP contribution is -2.14. The van der Waals surface area contributed by atoms with Crippen molar-refractivity contribution in [1.82, 2.24) is 5.32 Å². The predicted octanol–water partition coefficient (Wildman–Crippen LogP) is 5.11. The van der Waals surface area contributed by atoms with Gasteiger partial charge in [0.15, 0.2) is 0 Å². The van der Waals surface area contributed by atoms with Crippen LogP contribution in [0.25, 0.3) is 0 Å². The van der Waals surface area contributed by atoms with Gasteiger partial charge in [-0.05, 0) is 58.2 Å². The molecule has 4 heteroatoms. The molecule has 0 saturated carbocycles. The smallest absolute Gasteiger partial charge is 0.134 e. The van der Waals surface area contributed by atoms with E-state index in [1.807, 2.05) is 25.2 Å². The molecule has 1 N–H and O–H groups in total. The fourth-order valence-corrected chi connectivity index (χ4v) is 3.28. The van der Waals surface area contributed by atoms with Crippen LogP contribution in [0, 0.1) is 0 Å². The summed E-state index contributed by atoms with van der Waals surface area (Å²) in [6.45, 7) is 3.78. The first-order chi connectivity index (χ1) is 10.1. The van der Waals surface area contributed by atoms with Gasteiger partial charge in [-0.25, -0.2) is 0 Å². The first-order valence-corrected chi connectivity index (χ1v) is 8.50. The molecular weight excluding hydrogens is 394 g/mol. The highest BCUT2D eigenvalue weighted by Crippen LogP contribution is 2.29. The third-order valence-electron chi connectivity index (χ3n) is 3.35. The number of likely N-dealkylation sites (N-methyl/N-ethyl adjacent to an activating group) is 1. The van der Waals surface area contributed by atoms with Gasteiger partial charge in [0.1, 0.15) is 12.4 Å². The van der Waals surface area contributed by atoms with Crippen molar-refractivity contribution >= 4 is 31.9 Å². The molecule has 1 atom stereocenters. The molecule has 0 bridgehead atoms. The number of rotatable bonds is 6. The lowest BCUT2D eigenvalue weighted by atomic mass is 10.00. The van der Waals surface area contributed by atoms with E-state index in [2.05, 4.69) is 68.4 Å². The van der Waals surface area contributed by atoms with Gasteiger partial charge in [-0.3, -0.25) is 0 Å². The number of halogens is 2. The summed E-state index contributed by atoms with van der Waals surface area (Å²) < 4.78 is 7.83. The first-order valence-electron chi connectivity index (χ1n) is 6.91. The Morgan fingerprint density at radius 3 is 2.43 bits per heavy atom. The van der Waals surface area contributed by atoms with E-state index in [-0.39, 0.29) is 0 Å². The maximum absolute atomic E-state index is 5.85. The number of ether oxygens (including phenoxy) is 1. The maximum Gasteiger partial charge on any atom is 0.134 e. The second kappa shape index (κ2) is 7.97. The molecule has 0 heterocycles. The summed E-state index contributed by atoms with van der Waals surface area (Å²) in [6.07, 6.45) is 0. The van der Waals surface area contributed by atoms with E-state index in [4.69, 9.17) is 4.74 Å². The fraction of sp³-hybridized carbons (Fsp3) is 0.294. The fourth-order valence-electron chi connectivity index (χ4n) is 2.12. The summed E-state index contributed by atoms with van der Waals surface area (Å²) in [6, 6.07) is 14.5. The Labute approximate surface area is 143 Å². The highest BCUT2D eigenvalue weighted by atomic mass is 79.9. The van der Waals surface area contributed by atoms with E-state index in [9.17, 15) is 0 Å². The first kappa shape index (κ1) is 16.5. The summed E-state index contributed by atoms with van der Waals surface area (Å²) in [4.78, 5) is 0. The molecule has 112 valence electrons. The van der Waals surface area contributed by atoms with Crippen molar-refractivity contribution in [2.45, 2.75) is 19.4 Å². The molecule has 21 heavy (non-hydrogen) atoms. The van der Waals surface area contributed by atoms with Gasteiger partial charge in [0.25, 0.3) is 0 Å². The molecule has 2 aromatic carbocycles. The molecule has 0 spiro atoms. The molecule has 1 unspecified atom stereocenters. The van der Waals surface area contributed by atoms with E-state index in [1.54, 1.807) is 0 Å². The largest absolute Gasteiger partial charge is 0.488 e. The number of hydrogen-bond acceptors (Lipinski definition) is 2. The van der Waals surface area contributed by atoms with Crippen molar-refractivity contribution < 1.29 is 4.74 Å². The van der Waals surface area contributed by atoms with Crippen molar-refractivity contribution in [2.75, 3.05) is 13.6 Å². The molecule has 0 radical (unpaired) electrons. The lowest BCUT2D eigenvalue weighted by Gasteiger charge is -2.12. The molecule has 0 aliphatic heterocycles. The van der Waals surface area contributed by atoms with Crippen LogP contribution < -0.4 is 10.1 Å². The van der Waals surface area contributed by atoms with Crippen LogP contribution in [0.5, 0.6) is 5.75 Å². The summed E-state index contributed by atoms with van der Waals surface area (Å²) in [5.74, 6) is 1.37. The van der Waals surface area contributed by atoms with Crippen molar-refractivity contribution in [2.24, 2.45) is 0 Å². The van der Waals surface area contributed by atoms with Gasteiger partial charge in [0.05, 0.1) is 4.47 Å². The van der Waals surface area contributed by atoms with Crippen LogP contribution >= 0.6 is 31.9 Å². The summed E-state index contributed by atoms with van der Waals surface area (Å²) in [5, 5.41) is 3.20. The zero-order valence-corrected chi connectivity index (χ0v) is 15.4. The number of nitrogens with one attached hydrogen (secondary N) is 1. The Hall–Kier alpha value is -0.840. The van der Waals surface area contributed by atoms with Crippen molar-refractivity contribution in [3.63, 3.8) is 0 Å². The molecule has 2 rings (SSSR count). The van der Waals surface area contributed by atoms with Crippen LogP contribution in [-0.4, -0.2) is 13.6 Å². The van der Waals surface area contributed by atoms with Crippen LogP contribution in [0.3, 0.4) is 0 Å². The average Bonchev–Trinajstić information content (AvgIpc) is 2.47. The van der Waals surface area contributed by atoms with Crippen LogP contribution in [0.1, 0.15) is 24.0 Å². The molecule has 0 saturated heterocycles. The Bertz CT molecular complexity index is 584. The van der Waals surface area contributed by atoms with Gasteiger partial charge in [0, 0.05) is 11.0 Å². The zero-order valence-electron chi connectivity index (χ0n) is 12.2. The molecular formula is C17H19Br2NO. The molecule has 0 fully saturated rings. The molecule has 0 aliphatic carbocycles. The third kappa shape index (κ3) is 4.83. The van der Waals surface area contributed by atoms with Crippen LogP contribution in [0.4, 0.5) is 0 Å². The minimum atomic E-state index is 0.519. The Kier molecular flexibility index (Phi) is 6.27. The maximum atomic E-state index is 5.85. The van der Waals surface area contributed by atoms with E-state index in [1.165, 1.54) is 11.1 Å².